The predicted molar refractivity (Wildman–Crippen MR) is 57.6 cm³/mol. The SMILES string of the molecule is CC(CN)CCN(C)CC1CC1C. The summed E-state index contributed by atoms with van der Waals surface area (Å²) in [5, 5.41) is 0. The molecule has 13 heavy (non-hydrogen) atoms. The van der Waals surface area contributed by atoms with Crippen LogP contribution in [0.15, 0.2) is 0 Å². The molecule has 0 radical (unpaired) electrons. The summed E-state index contributed by atoms with van der Waals surface area (Å²) < 4.78 is 0. The van der Waals surface area contributed by atoms with Gasteiger partial charge in [0, 0.05) is 6.54 Å². The maximum Gasteiger partial charge on any atom is 0.000926 e. The van der Waals surface area contributed by atoms with Gasteiger partial charge < -0.3 is 10.6 Å². The van der Waals surface area contributed by atoms with Crippen LogP contribution in [0.3, 0.4) is 0 Å². The molecule has 0 spiro atoms. The number of nitrogens with zero attached hydrogens (tertiary/aromatic N) is 1. The van der Waals surface area contributed by atoms with Crippen LogP contribution in [0.4, 0.5) is 0 Å². The fraction of sp³-hybridized carbons (Fsp3) is 1.00. The first-order valence-corrected chi connectivity index (χ1v) is 5.52. The minimum Gasteiger partial charge on any atom is -0.330 e. The van der Waals surface area contributed by atoms with E-state index in [9.17, 15) is 0 Å². The molecule has 1 saturated carbocycles. The quantitative estimate of drug-likeness (QED) is 0.679. The lowest BCUT2D eigenvalue weighted by Gasteiger charge is -2.18. The average Bonchev–Trinajstić information content (AvgIpc) is 2.77. The van der Waals surface area contributed by atoms with E-state index in [1.165, 1.54) is 25.9 Å². The normalized spacial score (nSPS) is 29.3. The first kappa shape index (κ1) is 11.0. The second-order valence-corrected chi connectivity index (χ2v) is 4.86. The van der Waals surface area contributed by atoms with Gasteiger partial charge in [-0.1, -0.05) is 13.8 Å². The van der Waals surface area contributed by atoms with Crippen LogP contribution in [0.25, 0.3) is 0 Å². The molecule has 1 aliphatic carbocycles. The smallest absolute Gasteiger partial charge is 0.000926 e. The lowest BCUT2D eigenvalue weighted by molar-refractivity contribution is 0.291. The van der Waals surface area contributed by atoms with Gasteiger partial charge in [0.1, 0.15) is 0 Å². The van der Waals surface area contributed by atoms with E-state index in [0.29, 0.717) is 5.92 Å². The fourth-order valence-electron chi connectivity index (χ4n) is 1.70. The first-order valence-electron chi connectivity index (χ1n) is 5.52. The van der Waals surface area contributed by atoms with E-state index < -0.39 is 0 Å². The second-order valence-electron chi connectivity index (χ2n) is 4.86. The van der Waals surface area contributed by atoms with Crippen molar-refractivity contribution >= 4 is 0 Å². The fourth-order valence-corrected chi connectivity index (χ4v) is 1.70. The molecule has 2 N–H and O–H groups in total. The molecular formula is C11H24N2. The Hall–Kier alpha value is -0.0800. The van der Waals surface area contributed by atoms with Crippen molar-refractivity contribution in [2.24, 2.45) is 23.5 Å². The molecule has 0 amide bonds. The molecule has 0 aliphatic heterocycles. The van der Waals surface area contributed by atoms with Crippen LogP contribution < -0.4 is 5.73 Å². The molecule has 2 nitrogen and oxygen atoms in total. The van der Waals surface area contributed by atoms with Crippen molar-refractivity contribution in [1.82, 2.24) is 4.90 Å². The van der Waals surface area contributed by atoms with Crippen molar-refractivity contribution in [2.45, 2.75) is 26.7 Å². The molecule has 1 rings (SSSR count). The highest BCUT2D eigenvalue weighted by molar-refractivity contribution is 4.84. The Morgan fingerprint density at radius 3 is 2.62 bits per heavy atom. The van der Waals surface area contributed by atoms with Gasteiger partial charge in [-0.3, -0.25) is 0 Å². The molecule has 2 heteroatoms. The molecule has 0 aromatic heterocycles. The molecule has 78 valence electrons. The minimum absolute atomic E-state index is 0.680. The maximum absolute atomic E-state index is 5.58. The van der Waals surface area contributed by atoms with E-state index in [1.54, 1.807) is 0 Å². The van der Waals surface area contributed by atoms with Crippen LogP contribution in [-0.2, 0) is 0 Å². The van der Waals surface area contributed by atoms with E-state index in [2.05, 4.69) is 25.8 Å². The van der Waals surface area contributed by atoms with Gasteiger partial charge in [0.15, 0.2) is 0 Å². The number of nitrogens with two attached hydrogens (primary N) is 1. The lowest BCUT2D eigenvalue weighted by atomic mass is 10.1. The van der Waals surface area contributed by atoms with Gasteiger partial charge in [-0.15, -0.1) is 0 Å². The lowest BCUT2D eigenvalue weighted by Crippen LogP contribution is -2.25. The van der Waals surface area contributed by atoms with Crippen LogP contribution in [0.5, 0.6) is 0 Å². The van der Waals surface area contributed by atoms with E-state index in [4.69, 9.17) is 5.73 Å². The Kier molecular flexibility index (Phi) is 4.20. The van der Waals surface area contributed by atoms with Crippen molar-refractivity contribution < 1.29 is 0 Å². The van der Waals surface area contributed by atoms with Crippen LogP contribution >= 0.6 is 0 Å². The molecule has 0 aromatic carbocycles. The van der Waals surface area contributed by atoms with Crippen molar-refractivity contribution in [3.63, 3.8) is 0 Å². The van der Waals surface area contributed by atoms with Crippen molar-refractivity contribution in [3.8, 4) is 0 Å². The highest BCUT2D eigenvalue weighted by Crippen LogP contribution is 2.37. The highest BCUT2D eigenvalue weighted by atomic mass is 15.1. The molecule has 0 saturated heterocycles. The summed E-state index contributed by atoms with van der Waals surface area (Å²) in [7, 11) is 2.23. The van der Waals surface area contributed by atoms with Crippen LogP contribution in [0.1, 0.15) is 26.7 Å². The topological polar surface area (TPSA) is 29.3 Å². The van der Waals surface area contributed by atoms with Crippen molar-refractivity contribution in [1.29, 1.82) is 0 Å². The zero-order valence-electron chi connectivity index (χ0n) is 9.29. The molecule has 1 aliphatic rings. The van der Waals surface area contributed by atoms with E-state index in [-0.39, 0.29) is 0 Å². The second kappa shape index (κ2) is 4.97. The minimum atomic E-state index is 0.680. The van der Waals surface area contributed by atoms with Crippen LogP contribution in [-0.4, -0.2) is 31.6 Å². The van der Waals surface area contributed by atoms with Gasteiger partial charge >= 0.3 is 0 Å². The molecule has 0 heterocycles. The Bertz CT molecular complexity index is 147. The third-order valence-corrected chi connectivity index (χ3v) is 3.23. The summed E-state index contributed by atoms with van der Waals surface area (Å²) in [5.41, 5.74) is 5.58. The van der Waals surface area contributed by atoms with E-state index in [0.717, 1.165) is 18.4 Å². The first-order chi connectivity index (χ1) is 6.13. The molecule has 0 bridgehead atoms. The Balaban J connectivity index is 2.00. The van der Waals surface area contributed by atoms with Gasteiger partial charge in [-0.25, -0.2) is 0 Å². The maximum atomic E-state index is 5.58. The largest absolute Gasteiger partial charge is 0.330 e. The summed E-state index contributed by atoms with van der Waals surface area (Å²) >= 11 is 0. The Morgan fingerprint density at radius 1 is 1.54 bits per heavy atom. The predicted octanol–water partition coefficient (Wildman–Crippen LogP) is 1.56. The molecular weight excluding hydrogens is 160 g/mol. The van der Waals surface area contributed by atoms with Gasteiger partial charge in [-0.05, 0) is 50.7 Å². The average molecular weight is 184 g/mol. The Morgan fingerprint density at radius 2 is 2.15 bits per heavy atom. The standard InChI is InChI=1S/C11H24N2/c1-9(7-12)4-5-13(3)8-11-6-10(11)2/h9-11H,4-8,12H2,1-3H3. The summed E-state index contributed by atoms with van der Waals surface area (Å²) in [6.45, 7) is 7.91. The number of rotatable bonds is 6. The summed E-state index contributed by atoms with van der Waals surface area (Å²) in [4.78, 5) is 2.46. The van der Waals surface area contributed by atoms with Gasteiger partial charge in [-0.2, -0.15) is 0 Å². The van der Waals surface area contributed by atoms with Crippen LogP contribution in [0.2, 0.25) is 0 Å². The monoisotopic (exact) mass is 184 g/mol. The number of hydrogen-bond acceptors (Lipinski definition) is 2. The molecule has 1 fully saturated rings. The molecule has 0 aromatic rings. The third-order valence-electron chi connectivity index (χ3n) is 3.23. The van der Waals surface area contributed by atoms with Crippen molar-refractivity contribution in [3.05, 3.63) is 0 Å². The summed E-state index contributed by atoms with van der Waals surface area (Å²) in [6, 6.07) is 0. The Labute approximate surface area is 82.5 Å². The van der Waals surface area contributed by atoms with Crippen LogP contribution in [0, 0.1) is 17.8 Å². The van der Waals surface area contributed by atoms with Crippen molar-refractivity contribution in [2.75, 3.05) is 26.7 Å². The van der Waals surface area contributed by atoms with E-state index in [1.807, 2.05) is 0 Å². The molecule has 3 unspecified atom stereocenters. The number of hydrogen-bond donors (Lipinski definition) is 1. The highest BCUT2D eigenvalue weighted by Gasteiger charge is 2.32. The third kappa shape index (κ3) is 4.10. The zero-order valence-corrected chi connectivity index (χ0v) is 9.29. The van der Waals surface area contributed by atoms with Gasteiger partial charge in [0.25, 0.3) is 0 Å². The molecule has 3 atom stereocenters. The van der Waals surface area contributed by atoms with Gasteiger partial charge in [0.2, 0.25) is 0 Å². The summed E-state index contributed by atoms with van der Waals surface area (Å²) in [6.07, 6.45) is 2.69. The van der Waals surface area contributed by atoms with Gasteiger partial charge in [0.05, 0.1) is 0 Å². The zero-order chi connectivity index (χ0) is 9.84. The summed E-state index contributed by atoms with van der Waals surface area (Å²) in [5.74, 6) is 2.65. The van der Waals surface area contributed by atoms with E-state index >= 15 is 0 Å².